The van der Waals surface area contributed by atoms with Crippen LogP contribution in [0.2, 0.25) is 51.4 Å². The smallest absolute Gasteiger partial charge is 0.493 e. The number of hydrogen-bond acceptors (Lipinski definition) is 13. The number of hydrogen-bond donors (Lipinski definition) is 0. The zero-order valence-corrected chi connectivity index (χ0v) is 63.1. The molecule has 508 valence electrons. The largest absolute Gasteiger partial charge is 0.519 e. The lowest BCUT2D eigenvalue weighted by molar-refractivity contribution is 0.148. The van der Waals surface area contributed by atoms with E-state index >= 15 is 0 Å². The second-order valence-corrected chi connectivity index (χ2v) is 41.2. The minimum absolute atomic E-state index is 0.239. The maximum Gasteiger partial charge on any atom is 0.519 e. The first-order valence-electron chi connectivity index (χ1n) is 33.1. The summed E-state index contributed by atoms with van der Waals surface area (Å²) in [4.78, 5) is 39.6. The summed E-state index contributed by atoms with van der Waals surface area (Å²) in [5, 5.41) is 0. The molecule has 0 atom stereocenters. The first-order valence-corrected chi connectivity index (χ1v) is 42.1. The van der Waals surface area contributed by atoms with Crippen LogP contribution in [0.1, 0.15) is 132 Å². The third kappa shape index (κ3) is 19.1. The number of carbonyl (C=O) groups is 3. The van der Waals surface area contributed by atoms with Crippen molar-refractivity contribution < 1.29 is 60.5 Å². The van der Waals surface area contributed by atoms with Crippen molar-refractivity contribution in [1.29, 1.82) is 0 Å². The Bertz CT molecular complexity index is 4110. The van der Waals surface area contributed by atoms with Crippen molar-refractivity contribution in [3.63, 3.8) is 0 Å². The maximum absolute atomic E-state index is 13.3. The normalized spacial score (nSPS) is 12.2. The summed E-state index contributed by atoms with van der Waals surface area (Å²) in [7, 11) is -3.68. The molecule has 0 radical (unpaired) electrons. The van der Waals surface area contributed by atoms with Crippen LogP contribution >= 0.6 is 0 Å². The second kappa shape index (κ2) is 30.4. The van der Waals surface area contributed by atoms with Crippen LogP contribution in [-0.4, -0.2) is 57.9 Å². The highest BCUT2D eigenvalue weighted by Crippen LogP contribution is 2.40. The predicted octanol–water partition coefficient (Wildman–Crippen LogP) is 21.0. The van der Waals surface area contributed by atoms with Gasteiger partial charge in [-0.05, 0) is 234 Å². The lowest BCUT2D eigenvalue weighted by atomic mass is 9.77. The third-order valence-electron chi connectivity index (χ3n) is 18.2. The number of ether oxygens (including phenoxy) is 8. The average molecular weight is 1350 g/mol. The van der Waals surface area contributed by atoms with Gasteiger partial charge in [0.25, 0.3) is 0 Å². The van der Waals surface area contributed by atoms with E-state index in [2.05, 4.69) is 155 Å². The zero-order chi connectivity index (χ0) is 70.1. The highest BCUT2D eigenvalue weighted by molar-refractivity contribution is 6.87. The van der Waals surface area contributed by atoms with Crippen LogP contribution in [0.4, 0.5) is 14.4 Å². The van der Waals surface area contributed by atoms with Gasteiger partial charge >= 0.3 is 27.0 Å². The van der Waals surface area contributed by atoms with E-state index in [4.69, 9.17) is 46.1 Å². The van der Waals surface area contributed by atoms with Crippen molar-refractivity contribution >= 4 is 43.7 Å². The average Bonchev–Trinajstić information content (AvgIpc) is 0.803. The molecular formula is C80H98O13Si3. The summed E-state index contributed by atoms with van der Waals surface area (Å²) in [6, 6.07) is 53.3. The molecule has 0 bridgehead atoms. The van der Waals surface area contributed by atoms with Crippen molar-refractivity contribution in [2.75, 3.05) is 14.2 Å². The van der Waals surface area contributed by atoms with Crippen LogP contribution in [0.25, 0.3) is 0 Å². The molecule has 0 amide bonds. The van der Waals surface area contributed by atoms with E-state index in [0.29, 0.717) is 34.5 Å². The molecule has 0 aromatic heterocycles. The topological polar surface area (TPSA) is 144 Å². The number of carbonyl (C=O) groups excluding carboxylic acids is 3. The van der Waals surface area contributed by atoms with Gasteiger partial charge in [0.05, 0.1) is 14.2 Å². The number of methoxy groups -OCH3 is 2. The lowest BCUT2D eigenvalue weighted by Gasteiger charge is -2.39. The monoisotopic (exact) mass is 1350 g/mol. The van der Waals surface area contributed by atoms with Crippen molar-refractivity contribution in [3.05, 3.63) is 236 Å². The molecule has 8 aromatic carbocycles. The van der Waals surface area contributed by atoms with Crippen LogP contribution in [-0.2, 0) is 37.3 Å². The third-order valence-corrected chi connectivity index (χ3v) is 29.7. The van der Waals surface area contributed by atoms with Crippen LogP contribution in [0, 0.1) is 41.5 Å². The number of rotatable bonds is 26. The fraction of sp³-hybridized carbons (Fsp3) is 0.362. The van der Waals surface area contributed by atoms with Gasteiger partial charge in [-0.25, -0.2) is 14.4 Å². The Morgan fingerprint density at radius 2 is 0.604 bits per heavy atom. The number of aryl methyl sites for hydroxylation is 8. The molecular weight excluding hydrogens is 1250 g/mol. The van der Waals surface area contributed by atoms with Gasteiger partial charge in [-0.1, -0.05) is 162 Å². The Morgan fingerprint density at radius 1 is 0.333 bits per heavy atom. The Kier molecular flexibility index (Phi) is 23.3. The van der Waals surface area contributed by atoms with E-state index in [9.17, 15) is 14.4 Å². The zero-order valence-electron chi connectivity index (χ0n) is 60.1. The molecule has 0 spiro atoms. The van der Waals surface area contributed by atoms with Gasteiger partial charge < -0.3 is 46.1 Å². The summed E-state index contributed by atoms with van der Waals surface area (Å²) in [5.41, 5.74) is 13.4. The van der Waals surface area contributed by atoms with Crippen molar-refractivity contribution in [2.24, 2.45) is 0 Å². The standard InChI is InChI=1S/C80H98O13Si3/c1-53-25-21-29-61(45-53)78(7,8)63-33-39-67(55(3)47-63)86-75(81)87-68-41-35-65(49-57(68)5)80(11,12)66-36-42-70(58(6)50-66)89-77(83)91-72-38-32-60(52-74(72)85-14)28-24-44-95(17,18)93-96(19,20)92-94(15,16)43-23-27-59-31-37-71(73(51-59)84-13)90-76(82)88-69-40-34-64(48-56(69)4)79(9,10)62-30-22-26-54(2)46-62/h21-22,25-26,29-42,45-52H,23-24,27-28,43-44H2,1-20H3. The van der Waals surface area contributed by atoms with E-state index in [0.717, 1.165) is 93.4 Å². The summed E-state index contributed by atoms with van der Waals surface area (Å²) >= 11 is 0. The van der Waals surface area contributed by atoms with E-state index in [1.54, 1.807) is 38.5 Å². The fourth-order valence-electron chi connectivity index (χ4n) is 12.6. The minimum Gasteiger partial charge on any atom is -0.493 e. The van der Waals surface area contributed by atoms with E-state index in [1.165, 1.54) is 22.3 Å². The SMILES string of the molecule is COc1cc(CCC[Si](C)(C)O[Si](C)(C)O[Si](C)(C)CCCc2ccc(OC(=O)Oc3ccc(C(C)(C)c4ccc(OC(=O)Oc5ccc(C(C)(C)c6cccc(C)c6)cc5C)c(C)c4)cc3C)c(OC)c2)ccc1OC(=O)Oc1ccc(C(C)(C)c2cccc(C)c2)cc1C. The Balaban J connectivity index is 0.764. The van der Waals surface area contributed by atoms with Gasteiger partial charge in [-0.15, -0.1) is 0 Å². The lowest BCUT2D eigenvalue weighted by Crippen LogP contribution is -2.52. The molecule has 13 nitrogen and oxygen atoms in total. The van der Waals surface area contributed by atoms with Gasteiger partial charge in [0.2, 0.25) is 0 Å². The molecule has 96 heavy (non-hydrogen) atoms. The Labute approximate surface area is 573 Å². The van der Waals surface area contributed by atoms with Crippen LogP contribution in [0.15, 0.2) is 158 Å². The Hall–Kier alpha value is -8.26. The van der Waals surface area contributed by atoms with Gasteiger partial charge in [-0.3, -0.25) is 0 Å². The van der Waals surface area contributed by atoms with Crippen molar-refractivity contribution in [3.8, 4) is 46.0 Å². The predicted molar refractivity (Wildman–Crippen MR) is 390 cm³/mol. The van der Waals surface area contributed by atoms with E-state index in [1.807, 2.05) is 100 Å². The van der Waals surface area contributed by atoms with Gasteiger partial charge in [0.1, 0.15) is 23.0 Å². The van der Waals surface area contributed by atoms with Crippen LogP contribution < -0.4 is 37.9 Å². The minimum atomic E-state index is -2.51. The summed E-state index contributed by atoms with van der Waals surface area (Å²) in [6.45, 7) is 38.2. The molecule has 0 unspecified atom stereocenters. The van der Waals surface area contributed by atoms with Crippen LogP contribution in [0.3, 0.4) is 0 Å². The van der Waals surface area contributed by atoms with Gasteiger partial charge in [-0.2, -0.15) is 0 Å². The number of benzene rings is 8. The molecule has 0 fully saturated rings. The van der Waals surface area contributed by atoms with E-state index in [-0.39, 0.29) is 22.3 Å². The molecule has 0 saturated heterocycles. The van der Waals surface area contributed by atoms with E-state index < -0.39 is 49.1 Å². The fourth-order valence-corrected chi connectivity index (χ4v) is 26.6. The molecule has 0 N–H and O–H groups in total. The van der Waals surface area contributed by atoms with Crippen molar-refractivity contribution in [1.82, 2.24) is 0 Å². The molecule has 0 heterocycles. The molecule has 8 rings (SSSR count). The van der Waals surface area contributed by atoms with Crippen molar-refractivity contribution in [2.45, 2.75) is 176 Å². The van der Waals surface area contributed by atoms with Gasteiger partial charge in [0, 0.05) is 16.2 Å². The molecule has 0 saturated carbocycles. The molecule has 16 heteroatoms. The molecule has 0 aliphatic heterocycles. The molecule has 0 aliphatic carbocycles. The summed E-state index contributed by atoms with van der Waals surface area (Å²) in [6.07, 6.45) is 0.870. The maximum atomic E-state index is 13.3. The van der Waals surface area contributed by atoms with Crippen LogP contribution in [0.5, 0.6) is 46.0 Å². The summed E-state index contributed by atoms with van der Waals surface area (Å²) in [5.74, 6) is 3.06. The highest BCUT2D eigenvalue weighted by Gasteiger charge is 2.39. The first kappa shape index (κ1) is 73.5. The molecule has 8 aromatic rings. The second-order valence-electron chi connectivity index (χ2n) is 28.7. The molecule has 0 aliphatic rings. The quantitative estimate of drug-likeness (QED) is 0.0288. The summed E-state index contributed by atoms with van der Waals surface area (Å²) < 4.78 is 59.7. The Morgan fingerprint density at radius 3 is 0.875 bits per heavy atom. The van der Waals surface area contributed by atoms with Gasteiger partial charge in [0.15, 0.2) is 39.6 Å². The first-order chi connectivity index (χ1) is 45.1. The highest BCUT2D eigenvalue weighted by atomic mass is 28.5.